The summed E-state index contributed by atoms with van der Waals surface area (Å²) in [5, 5.41) is 2.84. The summed E-state index contributed by atoms with van der Waals surface area (Å²) in [7, 11) is -2.06. The largest absolute Gasteiger partial charge is 0.445 e. The van der Waals surface area contributed by atoms with E-state index in [0.29, 0.717) is 5.57 Å². The number of likely N-dealkylation sites (tertiary alicyclic amines) is 1. The van der Waals surface area contributed by atoms with Crippen LogP contribution in [0.3, 0.4) is 0 Å². The number of alkyl halides is 1. The van der Waals surface area contributed by atoms with E-state index in [4.69, 9.17) is 9.16 Å². The highest BCUT2D eigenvalue weighted by Gasteiger charge is 2.48. The van der Waals surface area contributed by atoms with Crippen LogP contribution in [0.5, 0.6) is 0 Å². The molecule has 1 N–H and O–H groups in total. The fourth-order valence-corrected chi connectivity index (χ4v) is 5.45. The molecule has 186 valence electrons. The molecule has 0 aromatic carbocycles. The molecule has 0 spiro atoms. The van der Waals surface area contributed by atoms with Crippen LogP contribution in [0.25, 0.3) is 0 Å². The van der Waals surface area contributed by atoms with Crippen molar-refractivity contribution in [3.63, 3.8) is 0 Å². The normalized spacial score (nSPS) is 27.0. The topological polar surface area (TPSA) is 84.9 Å². The lowest BCUT2D eigenvalue weighted by Gasteiger charge is -2.45. The average Bonchev–Trinajstić information content (AvgIpc) is 3.03. The number of ketones is 1. The van der Waals surface area contributed by atoms with Gasteiger partial charge in [-0.2, -0.15) is 0 Å². The molecule has 0 aliphatic carbocycles. The number of amides is 2. The smallest absolute Gasteiger partial charge is 0.410 e. The number of halogens is 1. The summed E-state index contributed by atoms with van der Waals surface area (Å²) in [6.07, 6.45) is 1.24. The lowest BCUT2D eigenvalue weighted by Crippen LogP contribution is -2.64. The van der Waals surface area contributed by atoms with Crippen LogP contribution in [0, 0.1) is 5.92 Å². The second kappa shape index (κ2) is 10.5. The molecule has 2 heterocycles. The maximum absolute atomic E-state index is 14.0. The molecule has 5 atom stereocenters. The first-order valence-electron chi connectivity index (χ1n) is 11.6. The monoisotopic (exact) mass is 482 g/mol. The van der Waals surface area contributed by atoms with Gasteiger partial charge in [0.2, 0.25) is 5.91 Å². The molecule has 2 amide bonds. The van der Waals surface area contributed by atoms with E-state index in [0.717, 1.165) is 0 Å². The quantitative estimate of drug-likeness (QED) is 0.231. The highest BCUT2D eigenvalue weighted by Crippen LogP contribution is 2.39. The van der Waals surface area contributed by atoms with Crippen LogP contribution >= 0.6 is 0 Å². The maximum atomic E-state index is 14.0. The van der Waals surface area contributed by atoms with E-state index in [-0.39, 0.29) is 60.8 Å². The standard InChI is InChI=1S/C24H39FN2O5Si/c1-9-10-31-23(30)27-14-17(25)12-18(27)11-15(2)20(28)13-19-21(22(29)26-19)16(3)32-33(7,8)24(4,5)6/h9,11,16-19,21H,1,10,12-14H2,2-8H3,(H,26,29)/t16-,17?,18-,19-,21-/m1/s1. The summed E-state index contributed by atoms with van der Waals surface area (Å²) in [5.41, 5.74) is 0.438. The third-order valence-corrected chi connectivity index (χ3v) is 11.6. The number of Topliss-reactive ketones (excluding diaryl/α,β-unsaturated/α-hetero) is 1. The minimum Gasteiger partial charge on any atom is -0.445 e. The molecule has 0 radical (unpaired) electrons. The van der Waals surface area contributed by atoms with Crippen LogP contribution in [-0.2, 0) is 18.8 Å². The van der Waals surface area contributed by atoms with Crippen molar-refractivity contribution in [2.45, 2.75) is 90.0 Å². The number of allylic oxidation sites excluding steroid dienone is 1. The zero-order chi connectivity index (χ0) is 25.1. The number of β-lactam (4-membered cyclic amide) rings is 1. The summed E-state index contributed by atoms with van der Waals surface area (Å²) in [6, 6.07) is -0.854. The van der Waals surface area contributed by atoms with Crippen molar-refractivity contribution in [2.24, 2.45) is 5.92 Å². The molecule has 0 bridgehead atoms. The van der Waals surface area contributed by atoms with E-state index in [9.17, 15) is 18.8 Å². The van der Waals surface area contributed by atoms with Crippen molar-refractivity contribution in [3.05, 3.63) is 24.3 Å². The Balaban J connectivity index is 2.03. The lowest BCUT2D eigenvalue weighted by molar-refractivity contribution is -0.141. The molecular formula is C24H39FN2O5Si. The van der Waals surface area contributed by atoms with Crippen molar-refractivity contribution >= 4 is 26.1 Å². The van der Waals surface area contributed by atoms with Gasteiger partial charge < -0.3 is 14.5 Å². The summed E-state index contributed by atoms with van der Waals surface area (Å²) < 4.78 is 25.4. The van der Waals surface area contributed by atoms with Crippen molar-refractivity contribution < 1.29 is 27.9 Å². The van der Waals surface area contributed by atoms with Crippen LogP contribution in [0.15, 0.2) is 24.3 Å². The van der Waals surface area contributed by atoms with E-state index in [1.807, 2.05) is 6.92 Å². The zero-order valence-corrected chi connectivity index (χ0v) is 21.9. The molecule has 2 fully saturated rings. The Morgan fingerprint density at radius 2 is 2.00 bits per heavy atom. The predicted octanol–water partition coefficient (Wildman–Crippen LogP) is 4.15. The van der Waals surface area contributed by atoms with Crippen LogP contribution in [0.2, 0.25) is 18.1 Å². The van der Waals surface area contributed by atoms with Gasteiger partial charge in [0.25, 0.3) is 0 Å². The first-order valence-corrected chi connectivity index (χ1v) is 14.5. The zero-order valence-electron chi connectivity index (χ0n) is 20.9. The predicted molar refractivity (Wildman–Crippen MR) is 128 cm³/mol. The minimum atomic E-state index is -2.06. The van der Waals surface area contributed by atoms with Crippen LogP contribution in [-0.4, -0.2) is 68.5 Å². The Labute approximate surface area is 197 Å². The first kappa shape index (κ1) is 27.2. The molecule has 0 aromatic heterocycles. The highest BCUT2D eigenvalue weighted by molar-refractivity contribution is 6.74. The average molecular weight is 483 g/mol. The van der Waals surface area contributed by atoms with Gasteiger partial charge in [-0.05, 0) is 37.6 Å². The van der Waals surface area contributed by atoms with E-state index < -0.39 is 26.6 Å². The number of ether oxygens (including phenoxy) is 1. The molecule has 2 aliphatic heterocycles. The van der Waals surface area contributed by atoms with Crippen molar-refractivity contribution in [3.8, 4) is 0 Å². The number of carbonyl (C=O) groups excluding carboxylic acids is 3. The van der Waals surface area contributed by atoms with Gasteiger partial charge in [0.15, 0.2) is 14.1 Å². The van der Waals surface area contributed by atoms with E-state index in [2.05, 4.69) is 45.8 Å². The minimum absolute atomic E-state index is 0.0143. The Bertz CT molecular complexity index is 807. The van der Waals surface area contributed by atoms with Crippen LogP contribution in [0.4, 0.5) is 9.18 Å². The number of hydrogen-bond donors (Lipinski definition) is 1. The molecule has 0 saturated carbocycles. The Morgan fingerprint density at radius 1 is 1.36 bits per heavy atom. The van der Waals surface area contributed by atoms with Crippen molar-refractivity contribution in [2.75, 3.05) is 13.2 Å². The van der Waals surface area contributed by atoms with E-state index in [1.54, 1.807) is 13.0 Å². The Kier molecular flexibility index (Phi) is 8.67. The second-order valence-electron chi connectivity index (χ2n) is 10.6. The van der Waals surface area contributed by atoms with Crippen LogP contribution < -0.4 is 5.32 Å². The molecule has 2 saturated heterocycles. The summed E-state index contributed by atoms with van der Waals surface area (Å²) >= 11 is 0. The van der Waals surface area contributed by atoms with E-state index in [1.165, 1.54) is 11.0 Å². The SMILES string of the molecule is C=CCOC(=O)N1CC(F)C[C@H]1C=C(C)C(=O)C[C@H]1NC(=O)[C@@H]1[C@@H](C)O[Si](C)(C)C(C)(C)C. The first-order chi connectivity index (χ1) is 15.2. The number of carbonyl (C=O) groups is 3. The molecule has 7 nitrogen and oxygen atoms in total. The van der Waals surface area contributed by atoms with Gasteiger partial charge in [0.1, 0.15) is 12.8 Å². The third-order valence-electron chi connectivity index (χ3n) is 7.00. The van der Waals surface area contributed by atoms with Gasteiger partial charge in [-0.3, -0.25) is 14.5 Å². The summed E-state index contributed by atoms with van der Waals surface area (Å²) in [6.45, 7) is 17.7. The van der Waals surface area contributed by atoms with Gasteiger partial charge in [-0.25, -0.2) is 9.18 Å². The summed E-state index contributed by atoms with van der Waals surface area (Å²) in [4.78, 5) is 38.7. The van der Waals surface area contributed by atoms with Gasteiger partial charge in [0.05, 0.1) is 30.7 Å². The van der Waals surface area contributed by atoms with Gasteiger partial charge in [-0.15, -0.1) is 0 Å². The highest BCUT2D eigenvalue weighted by atomic mass is 28.4. The third kappa shape index (κ3) is 6.53. The number of nitrogens with zero attached hydrogens (tertiary/aromatic N) is 1. The van der Waals surface area contributed by atoms with Gasteiger partial charge in [-0.1, -0.05) is 39.5 Å². The fraction of sp³-hybridized carbons (Fsp3) is 0.708. The number of hydrogen-bond acceptors (Lipinski definition) is 5. The molecule has 33 heavy (non-hydrogen) atoms. The lowest BCUT2D eigenvalue weighted by atomic mass is 9.82. The molecule has 1 unspecified atom stereocenters. The molecule has 9 heteroatoms. The van der Waals surface area contributed by atoms with Gasteiger partial charge >= 0.3 is 6.09 Å². The van der Waals surface area contributed by atoms with Gasteiger partial charge in [0, 0.05) is 12.8 Å². The number of nitrogens with one attached hydrogen (secondary N) is 1. The maximum Gasteiger partial charge on any atom is 0.410 e. The van der Waals surface area contributed by atoms with E-state index >= 15 is 0 Å². The Morgan fingerprint density at radius 3 is 2.55 bits per heavy atom. The van der Waals surface area contributed by atoms with Crippen molar-refractivity contribution in [1.82, 2.24) is 10.2 Å². The summed E-state index contributed by atoms with van der Waals surface area (Å²) in [5.74, 6) is -0.637. The van der Waals surface area contributed by atoms with Crippen LogP contribution in [0.1, 0.15) is 47.5 Å². The fourth-order valence-electron chi connectivity index (χ4n) is 4.02. The molecule has 0 aromatic rings. The number of rotatable bonds is 9. The molecule has 2 aliphatic rings. The van der Waals surface area contributed by atoms with Crippen molar-refractivity contribution in [1.29, 1.82) is 0 Å². The second-order valence-corrected chi connectivity index (χ2v) is 15.4. The Hall–Kier alpha value is -2.00. The molecule has 2 rings (SSSR count). The molecular weight excluding hydrogens is 443 g/mol.